The maximum Gasteiger partial charge on any atom is 0.399 e. The molecular weight excluding hydrogens is 450 g/mol. The summed E-state index contributed by atoms with van der Waals surface area (Å²) in [6.45, 7) is 1.59. The lowest BCUT2D eigenvalue weighted by atomic mass is 10.0. The van der Waals surface area contributed by atoms with Crippen LogP contribution in [0.25, 0.3) is 0 Å². The van der Waals surface area contributed by atoms with Gasteiger partial charge in [-0.05, 0) is 6.42 Å². The smallest absolute Gasteiger partial charge is 0.399 e. The van der Waals surface area contributed by atoms with Crippen molar-refractivity contribution in [3.05, 3.63) is 0 Å². The summed E-state index contributed by atoms with van der Waals surface area (Å²) >= 11 is 0. The molecule has 33 heavy (non-hydrogen) atoms. The first-order chi connectivity index (χ1) is 15.5. The number of carbonyl (C=O) groups excluding carboxylic acids is 1. The first kappa shape index (κ1) is 32.0. The molecule has 0 aromatic heterocycles. The average molecular weight is 492 g/mol. The Labute approximate surface area is 194 Å². The number of rotatable bonds is 20. The monoisotopic (exact) mass is 491 g/mol. The van der Waals surface area contributed by atoms with Crippen LogP contribution >= 0.6 is 0 Å². The van der Waals surface area contributed by atoms with E-state index in [9.17, 15) is 36.2 Å². The van der Waals surface area contributed by atoms with Gasteiger partial charge in [0, 0.05) is 0 Å². The van der Waals surface area contributed by atoms with Gasteiger partial charge in [0.05, 0.1) is 6.61 Å². The molecule has 198 valence electrons. The van der Waals surface area contributed by atoms with Crippen molar-refractivity contribution in [3.63, 3.8) is 0 Å². The maximum atomic E-state index is 12.5. The van der Waals surface area contributed by atoms with Crippen molar-refractivity contribution < 1.29 is 41.0 Å². The van der Waals surface area contributed by atoms with Crippen LogP contribution in [-0.4, -0.2) is 30.5 Å². The summed E-state index contributed by atoms with van der Waals surface area (Å²) in [7, 11) is 0. The highest BCUT2D eigenvalue weighted by Crippen LogP contribution is 2.41. The van der Waals surface area contributed by atoms with E-state index in [1.165, 1.54) is 70.6 Å². The summed E-state index contributed by atoms with van der Waals surface area (Å²) in [4.78, 5) is 11.2. The lowest BCUT2D eigenvalue weighted by Gasteiger charge is -2.40. The van der Waals surface area contributed by atoms with E-state index >= 15 is 0 Å². The fraction of sp³-hybridized carbons (Fsp3) is 0.958. The fourth-order valence-corrected chi connectivity index (χ4v) is 3.66. The van der Waals surface area contributed by atoms with E-state index in [-0.39, 0.29) is 6.42 Å². The normalized spacial score (nSPS) is 12.8. The Balaban J connectivity index is 3.57. The number of esters is 1. The Kier molecular flexibility index (Phi) is 16.9. The summed E-state index contributed by atoms with van der Waals surface area (Å²) in [6.07, 6.45) is 7.33. The number of hydrogen-bond acceptors (Lipinski definition) is 3. The van der Waals surface area contributed by atoms with Gasteiger partial charge in [-0.15, -0.1) is 0 Å². The van der Waals surface area contributed by atoms with Crippen LogP contribution in [0.5, 0.6) is 0 Å². The van der Waals surface area contributed by atoms with Crippen molar-refractivity contribution in [2.75, 3.05) is 6.61 Å². The second-order valence-corrected chi connectivity index (χ2v) is 8.82. The van der Waals surface area contributed by atoms with Crippen LogP contribution in [-0.2, 0) is 9.53 Å². The van der Waals surface area contributed by atoms with Gasteiger partial charge < -0.3 is 9.84 Å². The van der Waals surface area contributed by atoms with Crippen LogP contribution in [0.1, 0.15) is 122 Å². The highest BCUT2D eigenvalue weighted by Gasteiger charge is 2.68. The molecule has 0 amide bonds. The second-order valence-electron chi connectivity index (χ2n) is 8.82. The highest BCUT2D eigenvalue weighted by atomic mass is 19.4. The van der Waals surface area contributed by atoms with E-state index in [0.717, 1.165) is 32.1 Å². The molecule has 0 fully saturated rings. The first-order valence-electron chi connectivity index (χ1n) is 12.5. The van der Waals surface area contributed by atoms with Crippen LogP contribution in [0.4, 0.5) is 26.3 Å². The maximum absolute atomic E-state index is 12.5. The number of halogens is 6. The minimum atomic E-state index is -6.31. The van der Waals surface area contributed by atoms with Gasteiger partial charge in [0.2, 0.25) is 0 Å². The van der Waals surface area contributed by atoms with E-state index in [0.29, 0.717) is 6.42 Å². The number of unbranched alkanes of at least 4 members (excludes halogenated alkanes) is 17. The fourth-order valence-electron chi connectivity index (χ4n) is 3.66. The second kappa shape index (κ2) is 17.4. The Bertz CT molecular complexity index is 478. The van der Waals surface area contributed by atoms with Gasteiger partial charge in [0.15, 0.2) is 5.60 Å². The van der Waals surface area contributed by atoms with E-state index in [2.05, 4.69) is 11.7 Å². The SMILES string of the molecule is CCCCCCCCCCCCCCCCCCCCOC(=O)C([O-])(C(F)(F)F)C(F)(F)F. The number of alkyl halides is 6. The van der Waals surface area contributed by atoms with Crippen LogP contribution in [0.3, 0.4) is 0 Å². The standard InChI is InChI=1S/C24H41F6O3/c1-2-3-4-5-6-7-8-9-10-11-12-13-14-15-16-17-18-19-20-33-21(31)22(32,23(25,26)27)24(28,29)30/h2-20H2,1H3/q-1. The molecule has 3 nitrogen and oxygen atoms in total. The molecule has 0 aromatic rings. The number of ether oxygens (including phenoxy) is 1. The van der Waals surface area contributed by atoms with Crippen molar-refractivity contribution >= 4 is 5.97 Å². The lowest BCUT2D eigenvalue weighted by Crippen LogP contribution is -2.71. The van der Waals surface area contributed by atoms with Crippen LogP contribution in [0, 0.1) is 0 Å². The summed E-state index contributed by atoms with van der Waals surface area (Å²) in [6, 6.07) is 0. The van der Waals surface area contributed by atoms with Gasteiger partial charge >= 0.3 is 18.3 Å². The van der Waals surface area contributed by atoms with E-state index < -0.39 is 30.5 Å². The summed E-state index contributed by atoms with van der Waals surface area (Å²) in [5.74, 6) is -2.84. The number of carbonyl (C=O) groups is 1. The van der Waals surface area contributed by atoms with Crippen molar-refractivity contribution in [3.8, 4) is 0 Å². The third-order valence-electron chi connectivity index (χ3n) is 5.82. The van der Waals surface area contributed by atoms with Crippen molar-refractivity contribution in [1.82, 2.24) is 0 Å². The molecule has 0 aliphatic rings. The predicted octanol–water partition coefficient (Wildman–Crippen LogP) is 7.80. The molecule has 0 aromatic carbocycles. The third kappa shape index (κ3) is 13.5. The topological polar surface area (TPSA) is 49.4 Å². The molecule has 0 radical (unpaired) electrons. The molecule has 0 spiro atoms. The minimum absolute atomic E-state index is 0.121. The molecule has 0 saturated carbocycles. The zero-order chi connectivity index (χ0) is 25.2. The quantitative estimate of drug-likeness (QED) is 0.0992. The van der Waals surface area contributed by atoms with Crippen LogP contribution in [0.2, 0.25) is 0 Å². The molecule has 0 unspecified atom stereocenters. The van der Waals surface area contributed by atoms with Gasteiger partial charge in [-0.3, -0.25) is 4.79 Å². The summed E-state index contributed by atoms with van der Waals surface area (Å²) < 4.78 is 78.8. The summed E-state index contributed by atoms with van der Waals surface area (Å²) in [5.41, 5.74) is -5.74. The number of hydrogen-bond donors (Lipinski definition) is 0. The van der Waals surface area contributed by atoms with Gasteiger partial charge in [0.1, 0.15) is 0 Å². The lowest BCUT2D eigenvalue weighted by molar-refractivity contribution is -0.574. The Morgan fingerprint density at radius 2 is 0.848 bits per heavy atom. The van der Waals surface area contributed by atoms with E-state index in [4.69, 9.17) is 0 Å². The zero-order valence-corrected chi connectivity index (χ0v) is 19.9. The molecular formula is C24H41F6O3-. The molecule has 9 heteroatoms. The van der Waals surface area contributed by atoms with Crippen LogP contribution in [0.15, 0.2) is 0 Å². The molecule has 0 atom stereocenters. The van der Waals surface area contributed by atoms with Crippen LogP contribution < -0.4 is 5.11 Å². The average Bonchev–Trinajstić information content (AvgIpc) is 2.73. The predicted molar refractivity (Wildman–Crippen MR) is 115 cm³/mol. The third-order valence-corrected chi connectivity index (χ3v) is 5.82. The van der Waals surface area contributed by atoms with Crippen molar-refractivity contribution in [1.29, 1.82) is 0 Å². The highest BCUT2D eigenvalue weighted by molar-refractivity contribution is 5.81. The van der Waals surface area contributed by atoms with Crippen molar-refractivity contribution in [2.24, 2.45) is 0 Å². The molecule has 0 aliphatic heterocycles. The summed E-state index contributed by atoms with van der Waals surface area (Å²) in [5, 5.41) is 11.1. The Hall–Kier alpha value is -0.990. The van der Waals surface area contributed by atoms with E-state index in [1.54, 1.807) is 0 Å². The molecule has 0 N–H and O–H groups in total. The Morgan fingerprint density at radius 1 is 0.576 bits per heavy atom. The Morgan fingerprint density at radius 3 is 1.12 bits per heavy atom. The van der Waals surface area contributed by atoms with E-state index in [1.807, 2.05) is 0 Å². The largest absolute Gasteiger partial charge is 0.828 e. The minimum Gasteiger partial charge on any atom is -0.828 e. The van der Waals surface area contributed by atoms with Gasteiger partial charge in [-0.25, -0.2) is 0 Å². The van der Waals surface area contributed by atoms with Gasteiger partial charge in [0.25, 0.3) is 0 Å². The van der Waals surface area contributed by atoms with Gasteiger partial charge in [-0.2, -0.15) is 26.3 Å². The molecule has 0 bridgehead atoms. The molecule has 0 aliphatic carbocycles. The zero-order valence-electron chi connectivity index (χ0n) is 19.9. The first-order valence-corrected chi connectivity index (χ1v) is 12.5. The van der Waals surface area contributed by atoms with Gasteiger partial charge in [-0.1, -0.05) is 116 Å². The molecule has 0 rings (SSSR count). The molecule has 0 heterocycles. The van der Waals surface area contributed by atoms with Crippen molar-refractivity contribution in [2.45, 2.75) is 140 Å². The molecule has 0 saturated heterocycles.